The Kier molecular flexibility index (Phi) is 7.06. The van der Waals surface area contributed by atoms with E-state index >= 15 is 0 Å². The van der Waals surface area contributed by atoms with Crippen LogP contribution >= 0.6 is 0 Å². The van der Waals surface area contributed by atoms with E-state index in [9.17, 15) is 4.79 Å². The van der Waals surface area contributed by atoms with Gasteiger partial charge in [-0.2, -0.15) is 0 Å². The minimum atomic E-state index is -1.99. The largest absolute Gasteiger partial charge is 0.518 e. The molecule has 0 aromatic carbocycles. The van der Waals surface area contributed by atoms with E-state index in [0.29, 0.717) is 23.0 Å². The molecule has 0 aliphatic rings. The third-order valence-corrected chi connectivity index (χ3v) is 9.73. The average Bonchev–Trinajstić information content (AvgIpc) is 2.21. The van der Waals surface area contributed by atoms with Crippen molar-refractivity contribution in [2.24, 2.45) is 0 Å². The Labute approximate surface area is 108 Å². The van der Waals surface area contributed by atoms with E-state index < -0.39 is 8.32 Å². The van der Waals surface area contributed by atoms with Crippen LogP contribution in [0.2, 0.25) is 16.6 Å². The van der Waals surface area contributed by atoms with Gasteiger partial charge in [0.25, 0.3) is 14.3 Å². The van der Waals surface area contributed by atoms with Crippen molar-refractivity contribution in [3.05, 3.63) is 0 Å². The summed E-state index contributed by atoms with van der Waals surface area (Å²) < 4.78 is 6.02. The van der Waals surface area contributed by atoms with Crippen LogP contribution in [0.15, 0.2) is 0 Å². The minimum absolute atomic E-state index is 0.0228. The number of rotatable bonds is 7. The van der Waals surface area contributed by atoms with Crippen molar-refractivity contribution >= 4 is 14.3 Å². The standard InChI is InChI=1S/C14H30O2Si/c1-8-9-10-14(15)16-17(11(2)3,12(4)5)13(6)7/h11-13H,8-10H2,1-7H3. The molecule has 0 aliphatic carbocycles. The molecule has 0 atom stereocenters. The molecule has 0 radical (unpaired) electrons. The molecule has 102 valence electrons. The highest BCUT2D eigenvalue weighted by molar-refractivity contribution is 6.78. The van der Waals surface area contributed by atoms with Gasteiger partial charge in [-0.1, -0.05) is 54.9 Å². The van der Waals surface area contributed by atoms with E-state index in [2.05, 4.69) is 48.5 Å². The number of carbonyl (C=O) groups excluding carboxylic acids is 1. The summed E-state index contributed by atoms with van der Waals surface area (Å²) in [6, 6.07) is 0. The first-order valence-corrected chi connectivity index (χ1v) is 9.14. The topological polar surface area (TPSA) is 26.3 Å². The molecular weight excluding hydrogens is 228 g/mol. The molecule has 0 heterocycles. The van der Waals surface area contributed by atoms with Gasteiger partial charge in [0.1, 0.15) is 0 Å². The van der Waals surface area contributed by atoms with E-state index in [1.165, 1.54) is 0 Å². The summed E-state index contributed by atoms with van der Waals surface area (Å²) in [4.78, 5) is 11.9. The van der Waals surface area contributed by atoms with Crippen LogP contribution in [0.4, 0.5) is 0 Å². The van der Waals surface area contributed by atoms with Gasteiger partial charge >= 0.3 is 0 Å². The number of hydrogen-bond acceptors (Lipinski definition) is 2. The first kappa shape index (κ1) is 16.7. The highest BCUT2D eigenvalue weighted by Gasteiger charge is 2.47. The second kappa shape index (κ2) is 7.19. The molecule has 0 unspecified atom stereocenters. The number of unbranched alkanes of at least 4 members (excludes halogenated alkanes) is 1. The highest BCUT2D eigenvalue weighted by Crippen LogP contribution is 2.42. The Bertz CT molecular complexity index is 213. The SMILES string of the molecule is CCCCC(=O)O[Si](C(C)C)(C(C)C)C(C)C. The number of carbonyl (C=O) groups is 1. The van der Waals surface area contributed by atoms with E-state index in [0.717, 1.165) is 12.8 Å². The maximum atomic E-state index is 11.9. The fraction of sp³-hybridized carbons (Fsp3) is 0.929. The molecule has 0 aromatic rings. The third kappa shape index (κ3) is 4.13. The van der Waals surface area contributed by atoms with Gasteiger partial charge in [0.05, 0.1) is 0 Å². The Hall–Kier alpha value is -0.313. The molecule has 0 amide bonds. The quantitative estimate of drug-likeness (QED) is 0.607. The van der Waals surface area contributed by atoms with E-state index in [1.807, 2.05) is 0 Å². The number of hydrogen-bond donors (Lipinski definition) is 0. The van der Waals surface area contributed by atoms with E-state index in [-0.39, 0.29) is 5.97 Å². The molecule has 0 rings (SSSR count). The van der Waals surface area contributed by atoms with Gasteiger partial charge in [0.2, 0.25) is 0 Å². The molecule has 0 aromatic heterocycles. The molecule has 0 saturated carbocycles. The minimum Gasteiger partial charge on any atom is -0.518 e. The lowest BCUT2D eigenvalue weighted by Crippen LogP contribution is -2.49. The Morgan fingerprint density at radius 3 is 1.71 bits per heavy atom. The van der Waals surface area contributed by atoms with Crippen LogP contribution in [0.25, 0.3) is 0 Å². The predicted octanol–water partition coefficient (Wildman–Crippen LogP) is 4.90. The first-order chi connectivity index (χ1) is 7.78. The van der Waals surface area contributed by atoms with E-state index in [4.69, 9.17) is 4.43 Å². The Balaban J connectivity index is 4.87. The van der Waals surface area contributed by atoms with Crippen molar-refractivity contribution in [1.29, 1.82) is 0 Å². The van der Waals surface area contributed by atoms with Gasteiger partial charge in [-0.15, -0.1) is 0 Å². The van der Waals surface area contributed by atoms with Crippen LogP contribution in [0.5, 0.6) is 0 Å². The molecule has 3 heteroatoms. The average molecular weight is 258 g/mol. The second-order valence-electron chi connectivity index (χ2n) is 5.90. The van der Waals surface area contributed by atoms with Crippen LogP contribution in [0.1, 0.15) is 67.7 Å². The van der Waals surface area contributed by atoms with Gasteiger partial charge in [-0.3, -0.25) is 4.79 Å². The van der Waals surface area contributed by atoms with Crippen LogP contribution in [-0.2, 0) is 9.22 Å². The summed E-state index contributed by atoms with van der Waals surface area (Å²) in [7, 11) is -1.99. The zero-order chi connectivity index (χ0) is 13.6. The molecule has 2 nitrogen and oxygen atoms in total. The molecular formula is C14H30O2Si. The Morgan fingerprint density at radius 2 is 1.41 bits per heavy atom. The zero-order valence-electron chi connectivity index (χ0n) is 12.7. The van der Waals surface area contributed by atoms with Crippen molar-refractivity contribution in [3.63, 3.8) is 0 Å². The van der Waals surface area contributed by atoms with E-state index in [1.54, 1.807) is 0 Å². The maximum absolute atomic E-state index is 11.9. The van der Waals surface area contributed by atoms with Gasteiger partial charge in [0, 0.05) is 6.42 Å². The smallest absolute Gasteiger partial charge is 0.292 e. The molecule has 0 spiro atoms. The van der Waals surface area contributed by atoms with Gasteiger partial charge in [-0.05, 0) is 23.0 Å². The molecule has 17 heavy (non-hydrogen) atoms. The van der Waals surface area contributed by atoms with Crippen LogP contribution in [0.3, 0.4) is 0 Å². The van der Waals surface area contributed by atoms with Gasteiger partial charge in [0.15, 0.2) is 0 Å². The van der Waals surface area contributed by atoms with Crippen molar-refractivity contribution in [2.75, 3.05) is 0 Å². The van der Waals surface area contributed by atoms with Crippen molar-refractivity contribution in [2.45, 2.75) is 84.4 Å². The van der Waals surface area contributed by atoms with Gasteiger partial charge in [-0.25, -0.2) is 0 Å². The van der Waals surface area contributed by atoms with Crippen molar-refractivity contribution in [3.8, 4) is 0 Å². The second-order valence-corrected chi connectivity index (χ2v) is 11.3. The van der Waals surface area contributed by atoms with Gasteiger partial charge < -0.3 is 4.43 Å². The van der Waals surface area contributed by atoms with Crippen molar-refractivity contribution in [1.82, 2.24) is 0 Å². The van der Waals surface area contributed by atoms with Crippen LogP contribution in [0, 0.1) is 0 Å². The molecule has 0 bridgehead atoms. The first-order valence-electron chi connectivity index (χ1n) is 7.00. The monoisotopic (exact) mass is 258 g/mol. The normalized spacial score (nSPS) is 12.6. The maximum Gasteiger partial charge on any atom is 0.292 e. The highest BCUT2D eigenvalue weighted by atomic mass is 28.4. The summed E-state index contributed by atoms with van der Waals surface area (Å²) in [5, 5.41) is 0. The van der Waals surface area contributed by atoms with Crippen molar-refractivity contribution < 1.29 is 9.22 Å². The lowest BCUT2D eigenvalue weighted by molar-refractivity contribution is -0.135. The molecule has 0 aliphatic heterocycles. The molecule has 0 fully saturated rings. The van der Waals surface area contributed by atoms with Crippen LogP contribution in [-0.4, -0.2) is 14.3 Å². The summed E-state index contributed by atoms with van der Waals surface area (Å²) in [5.74, 6) is 0.0228. The lowest BCUT2D eigenvalue weighted by atomic mass is 10.3. The molecule has 0 saturated heterocycles. The summed E-state index contributed by atoms with van der Waals surface area (Å²) in [6.45, 7) is 15.3. The molecule has 0 N–H and O–H groups in total. The third-order valence-electron chi connectivity index (χ3n) is 3.73. The lowest BCUT2D eigenvalue weighted by Gasteiger charge is -2.41. The van der Waals surface area contributed by atoms with Crippen LogP contribution < -0.4 is 0 Å². The fourth-order valence-electron chi connectivity index (χ4n) is 2.92. The predicted molar refractivity (Wildman–Crippen MR) is 76.7 cm³/mol. The summed E-state index contributed by atoms with van der Waals surface area (Å²) in [6.07, 6.45) is 2.57. The zero-order valence-corrected chi connectivity index (χ0v) is 13.7. The Morgan fingerprint density at radius 1 is 1.00 bits per heavy atom. The summed E-state index contributed by atoms with van der Waals surface area (Å²) >= 11 is 0. The fourth-order valence-corrected chi connectivity index (χ4v) is 8.13. The summed E-state index contributed by atoms with van der Waals surface area (Å²) in [5.41, 5.74) is 1.44.